The van der Waals surface area contributed by atoms with E-state index in [-0.39, 0.29) is 34.8 Å². The Labute approximate surface area is 172 Å². The van der Waals surface area contributed by atoms with E-state index in [4.69, 9.17) is 29.1 Å². The number of amides is 2. The number of pyridine rings is 1. The smallest absolute Gasteiger partial charge is 0.250 e. The highest BCUT2D eigenvalue weighted by Crippen LogP contribution is 2.26. The van der Waals surface area contributed by atoms with Crippen LogP contribution in [0.2, 0.25) is 0 Å². The number of anilines is 2. The number of carbonyl (C=O) groups is 2. The highest BCUT2D eigenvalue weighted by Gasteiger charge is 2.20. The van der Waals surface area contributed by atoms with Crippen molar-refractivity contribution in [3.8, 4) is 0 Å². The minimum atomic E-state index is -0.907. The lowest BCUT2D eigenvalue weighted by Gasteiger charge is -2.19. The van der Waals surface area contributed by atoms with Gasteiger partial charge in [0.2, 0.25) is 5.91 Å². The maximum absolute atomic E-state index is 14.6. The molecule has 0 bridgehead atoms. The maximum Gasteiger partial charge on any atom is 0.250 e. The number of nitrogens with one attached hydrogen (secondary N) is 3. The number of thiocarbonyl (C=S) groups is 1. The van der Waals surface area contributed by atoms with Crippen LogP contribution in [0.1, 0.15) is 29.3 Å². The van der Waals surface area contributed by atoms with Gasteiger partial charge in [-0.2, -0.15) is 0 Å². The molecular formula is C19H21FN6O2S. The highest BCUT2D eigenvalue weighted by atomic mass is 32.1. The van der Waals surface area contributed by atoms with E-state index >= 15 is 0 Å². The fourth-order valence-electron chi connectivity index (χ4n) is 2.59. The van der Waals surface area contributed by atoms with Crippen LogP contribution in [-0.4, -0.2) is 33.5 Å². The summed E-state index contributed by atoms with van der Waals surface area (Å²) in [6.45, 7) is 1.58. The van der Waals surface area contributed by atoms with Crippen molar-refractivity contribution in [2.75, 3.05) is 10.6 Å². The van der Waals surface area contributed by atoms with Crippen LogP contribution in [0.15, 0.2) is 36.7 Å². The lowest BCUT2D eigenvalue weighted by Crippen LogP contribution is -2.37. The van der Waals surface area contributed by atoms with Gasteiger partial charge in [-0.1, -0.05) is 12.2 Å². The molecule has 7 N–H and O–H groups in total. The van der Waals surface area contributed by atoms with Gasteiger partial charge in [0, 0.05) is 30.9 Å². The molecule has 2 rings (SSSR count). The van der Waals surface area contributed by atoms with E-state index in [1.165, 1.54) is 6.07 Å². The molecule has 1 aromatic carbocycles. The summed E-state index contributed by atoms with van der Waals surface area (Å²) in [5.74, 6) is -2.31. The molecule has 1 heterocycles. The van der Waals surface area contributed by atoms with Gasteiger partial charge in [0.25, 0.3) is 5.91 Å². The fourth-order valence-corrected chi connectivity index (χ4v) is 2.92. The van der Waals surface area contributed by atoms with Gasteiger partial charge in [-0.3, -0.25) is 14.6 Å². The summed E-state index contributed by atoms with van der Waals surface area (Å²) in [5, 5.41) is 13.1. The second kappa shape index (κ2) is 9.69. The van der Waals surface area contributed by atoms with Crippen molar-refractivity contribution in [3.05, 3.63) is 53.6 Å². The molecule has 10 heteroatoms. The number of primary amides is 2. The number of halogens is 1. The molecule has 0 saturated carbocycles. The predicted molar refractivity (Wildman–Crippen MR) is 114 cm³/mol. The first-order valence-electron chi connectivity index (χ1n) is 8.59. The topological polar surface area (TPSA) is 147 Å². The van der Waals surface area contributed by atoms with Crippen LogP contribution in [0.3, 0.4) is 0 Å². The standard InChI is InChI=1S/C19H21FN6O2S/c1-10(21)6-17(29)26-14-9-15(13(20)8-12(14)18(22)27)25-16(19(23)28)7-11-2-4-24-5-3-11/h2-5,8-9,16,21,25H,6-7H2,1H3,(H2,22,27)(H2,23,28)(H,26,29). The van der Waals surface area contributed by atoms with Crippen LogP contribution >= 0.6 is 12.2 Å². The third-order valence-corrected chi connectivity index (χ3v) is 4.18. The van der Waals surface area contributed by atoms with Crippen molar-refractivity contribution in [1.82, 2.24) is 4.98 Å². The summed E-state index contributed by atoms with van der Waals surface area (Å²) in [6.07, 6.45) is 3.52. The molecule has 0 radical (unpaired) electrons. The summed E-state index contributed by atoms with van der Waals surface area (Å²) in [6, 6.07) is 4.78. The number of hydrogen-bond donors (Lipinski definition) is 5. The van der Waals surface area contributed by atoms with E-state index in [0.29, 0.717) is 5.71 Å². The van der Waals surface area contributed by atoms with Gasteiger partial charge in [0.15, 0.2) is 0 Å². The van der Waals surface area contributed by atoms with E-state index in [1.54, 1.807) is 31.5 Å². The summed E-state index contributed by atoms with van der Waals surface area (Å²) in [7, 11) is 0. The van der Waals surface area contributed by atoms with E-state index in [1.807, 2.05) is 0 Å². The van der Waals surface area contributed by atoms with Crippen LogP contribution in [0, 0.1) is 11.2 Å². The number of rotatable bonds is 9. The summed E-state index contributed by atoms with van der Waals surface area (Å²) in [5.41, 5.74) is 11.9. The number of aromatic nitrogens is 1. The molecular weight excluding hydrogens is 395 g/mol. The Morgan fingerprint density at radius 2 is 1.90 bits per heavy atom. The number of hydrogen-bond acceptors (Lipinski definition) is 6. The van der Waals surface area contributed by atoms with Crippen molar-refractivity contribution in [2.45, 2.75) is 25.8 Å². The quantitative estimate of drug-likeness (QED) is 0.312. The summed E-state index contributed by atoms with van der Waals surface area (Å²) < 4.78 is 14.6. The van der Waals surface area contributed by atoms with Crippen LogP contribution in [-0.2, 0) is 11.2 Å². The number of carbonyl (C=O) groups excluding carboxylic acids is 2. The Morgan fingerprint density at radius 3 is 2.45 bits per heavy atom. The molecule has 2 aromatic rings. The largest absolute Gasteiger partial charge is 0.371 e. The van der Waals surface area contributed by atoms with Gasteiger partial charge in [-0.15, -0.1) is 0 Å². The third-order valence-electron chi connectivity index (χ3n) is 3.93. The number of benzene rings is 1. The van der Waals surface area contributed by atoms with Crippen molar-refractivity contribution in [2.24, 2.45) is 11.5 Å². The summed E-state index contributed by atoms with van der Waals surface area (Å²) >= 11 is 5.15. The second-order valence-corrected chi connectivity index (χ2v) is 6.90. The van der Waals surface area contributed by atoms with E-state index in [0.717, 1.165) is 11.6 Å². The first kappa shape index (κ1) is 21.9. The minimum Gasteiger partial charge on any atom is -0.371 e. The maximum atomic E-state index is 14.6. The molecule has 1 unspecified atom stereocenters. The SMILES string of the molecule is CC(=N)CC(=S)Nc1cc(NC(Cc2ccncc2)C(N)=O)c(F)cc1C(N)=O. The van der Waals surface area contributed by atoms with Gasteiger partial charge in [0.05, 0.1) is 21.9 Å². The molecule has 152 valence electrons. The zero-order chi connectivity index (χ0) is 21.6. The Bertz CT molecular complexity index is 951. The molecule has 0 aliphatic carbocycles. The Kier molecular flexibility index (Phi) is 7.32. The molecule has 0 aliphatic rings. The molecule has 0 spiro atoms. The van der Waals surface area contributed by atoms with Crippen molar-refractivity contribution in [1.29, 1.82) is 5.41 Å². The monoisotopic (exact) mass is 416 g/mol. The zero-order valence-corrected chi connectivity index (χ0v) is 16.5. The van der Waals surface area contributed by atoms with Crippen molar-refractivity contribution < 1.29 is 14.0 Å². The van der Waals surface area contributed by atoms with Crippen LogP contribution in [0.25, 0.3) is 0 Å². The molecule has 29 heavy (non-hydrogen) atoms. The average Bonchev–Trinajstić information content (AvgIpc) is 2.63. The normalized spacial score (nSPS) is 11.4. The van der Waals surface area contributed by atoms with Crippen molar-refractivity contribution >= 4 is 46.1 Å². The molecule has 0 saturated heterocycles. The van der Waals surface area contributed by atoms with Gasteiger partial charge in [-0.05, 0) is 36.8 Å². The zero-order valence-electron chi connectivity index (χ0n) is 15.7. The molecule has 1 aromatic heterocycles. The number of nitrogens with two attached hydrogens (primary N) is 2. The van der Waals surface area contributed by atoms with Crippen LogP contribution in [0.4, 0.5) is 15.8 Å². The van der Waals surface area contributed by atoms with Crippen LogP contribution < -0.4 is 22.1 Å². The van der Waals surface area contributed by atoms with Gasteiger partial charge >= 0.3 is 0 Å². The minimum absolute atomic E-state index is 0.0512. The second-order valence-electron chi connectivity index (χ2n) is 6.41. The number of nitrogens with zero attached hydrogens (tertiary/aromatic N) is 1. The van der Waals surface area contributed by atoms with Gasteiger partial charge in [0.1, 0.15) is 11.9 Å². The predicted octanol–water partition coefficient (Wildman–Crippen LogP) is 2.00. The van der Waals surface area contributed by atoms with E-state index in [2.05, 4.69) is 15.6 Å². The molecule has 0 fully saturated rings. The van der Waals surface area contributed by atoms with Gasteiger partial charge < -0.3 is 27.5 Å². The first-order chi connectivity index (χ1) is 13.7. The Morgan fingerprint density at radius 1 is 1.24 bits per heavy atom. The van der Waals surface area contributed by atoms with Crippen LogP contribution in [0.5, 0.6) is 0 Å². The molecule has 2 amide bonds. The molecule has 8 nitrogen and oxygen atoms in total. The fraction of sp³-hybridized carbons (Fsp3) is 0.211. The lowest BCUT2D eigenvalue weighted by atomic mass is 10.1. The molecule has 1 atom stereocenters. The lowest BCUT2D eigenvalue weighted by molar-refractivity contribution is -0.118. The van der Waals surface area contributed by atoms with E-state index in [9.17, 15) is 14.0 Å². The van der Waals surface area contributed by atoms with Crippen molar-refractivity contribution in [3.63, 3.8) is 0 Å². The molecule has 0 aliphatic heterocycles. The van der Waals surface area contributed by atoms with Gasteiger partial charge in [-0.25, -0.2) is 4.39 Å². The van der Waals surface area contributed by atoms with E-state index < -0.39 is 23.7 Å². The third kappa shape index (κ3) is 6.32. The summed E-state index contributed by atoms with van der Waals surface area (Å²) in [4.78, 5) is 27.7. The highest BCUT2D eigenvalue weighted by molar-refractivity contribution is 7.80. The first-order valence-corrected chi connectivity index (χ1v) is 9.00. The Balaban J connectivity index is 2.33. The Hall–Kier alpha value is -3.40. The average molecular weight is 416 g/mol.